The number of amides is 2. The van der Waals surface area contributed by atoms with Crippen LogP contribution in [0.1, 0.15) is 24.0 Å². The van der Waals surface area contributed by atoms with Gasteiger partial charge in [0.25, 0.3) is 0 Å². The summed E-state index contributed by atoms with van der Waals surface area (Å²) in [7, 11) is 1.20. The topological polar surface area (TPSA) is 108 Å². The van der Waals surface area contributed by atoms with Crippen molar-refractivity contribution in [3.8, 4) is 6.07 Å². The molecule has 0 fully saturated rings. The average Bonchev–Trinajstić information content (AvgIpc) is 2.82. The molecular weight excluding hydrogens is 506 g/mol. The van der Waals surface area contributed by atoms with Gasteiger partial charge in [0.05, 0.1) is 29.5 Å². The summed E-state index contributed by atoms with van der Waals surface area (Å²) in [6.45, 7) is 2.00. The number of thioether (sulfide) groups is 1. The molecule has 1 aliphatic rings. The standard InChI is InChI=1S/C24H22BrN3O4S/c1-3-14-7-4-5-10-18(14)27-19(29)13-33-23-17(12-26)20(15-8-6-9-16(25)11-15)21(22(30)28-23)24(31)32-2/h4-11,20-21H,3,13H2,1-2H3,(H,27,29)(H,28,30)/t20-,21-/m0/s1. The molecule has 0 aromatic heterocycles. The monoisotopic (exact) mass is 527 g/mol. The zero-order chi connectivity index (χ0) is 24.0. The zero-order valence-electron chi connectivity index (χ0n) is 18.1. The Morgan fingerprint density at radius 3 is 2.67 bits per heavy atom. The molecular formula is C24H22BrN3O4S. The number of benzene rings is 2. The molecule has 1 heterocycles. The first-order valence-corrected chi connectivity index (χ1v) is 12.0. The maximum atomic E-state index is 12.9. The molecule has 2 N–H and O–H groups in total. The molecule has 3 rings (SSSR count). The second-order valence-electron chi connectivity index (χ2n) is 7.22. The Morgan fingerprint density at radius 1 is 1.24 bits per heavy atom. The van der Waals surface area contributed by atoms with Gasteiger partial charge in [-0.1, -0.05) is 64.9 Å². The van der Waals surface area contributed by atoms with E-state index >= 15 is 0 Å². The van der Waals surface area contributed by atoms with E-state index < -0.39 is 23.7 Å². The Kier molecular flexibility index (Phi) is 8.31. The fraction of sp³-hybridized carbons (Fsp3) is 0.250. The van der Waals surface area contributed by atoms with Crippen LogP contribution < -0.4 is 10.6 Å². The first-order valence-electron chi connectivity index (χ1n) is 10.2. The predicted molar refractivity (Wildman–Crippen MR) is 130 cm³/mol. The van der Waals surface area contributed by atoms with Gasteiger partial charge in [-0.3, -0.25) is 14.4 Å². The summed E-state index contributed by atoms with van der Waals surface area (Å²) < 4.78 is 5.59. The van der Waals surface area contributed by atoms with E-state index in [1.807, 2.05) is 37.3 Å². The zero-order valence-corrected chi connectivity index (χ0v) is 20.5. The van der Waals surface area contributed by atoms with Crippen LogP contribution in [0.25, 0.3) is 0 Å². The molecule has 2 amide bonds. The minimum absolute atomic E-state index is 0.0209. The number of nitrogens with zero attached hydrogens (tertiary/aromatic N) is 1. The smallest absolute Gasteiger partial charge is 0.319 e. The molecule has 9 heteroatoms. The van der Waals surface area contributed by atoms with Crippen LogP contribution in [0.15, 0.2) is 63.6 Å². The number of carbonyl (C=O) groups is 3. The molecule has 0 saturated carbocycles. The third kappa shape index (κ3) is 5.64. The van der Waals surface area contributed by atoms with Gasteiger partial charge in [-0.05, 0) is 35.7 Å². The quantitative estimate of drug-likeness (QED) is 0.414. The maximum Gasteiger partial charge on any atom is 0.319 e. The van der Waals surface area contributed by atoms with E-state index in [-0.39, 0.29) is 22.3 Å². The van der Waals surface area contributed by atoms with E-state index in [1.165, 1.54) is 7.11 Å². The SMILES string of the molecule is CCc1ccccc1NC(=O)CSC1=C(C#N)[C@H](c2cccc(Br)c2)[C@H](C(=O)OC)C(=O)N1. The number of allylic oxidation sites excluding steroid dienone is 1. The van der Waals surface area contributed by atoms with Crippen LogP contribution in [0.3, 0.4) is 0 Å². The van der Waals surface area contributed by atoms with Gasteiger partial charge in [0.1, 0.15) is 5.92 Å². The summed E-state index contributed by atoms with van der Waals surface area (Å²) in [6, 6.07) is 16.7. The van der Waals surface area contributed by atoms with Gasteiger partial charge < -0.3 is 15.4 Å². The summed E-state index contributed by atoms with van der Waals surface area (Å²) in [5.74, 6) is -3.65. The highest BCUT2D eigenvalue weighted by Gasteiger charge is 2.44. The van der Waals surface area contributed by atoms with E-state index in [0.29, 0.717) is 5.56 Å². The maximum absolute atomic E-state index is 12.9. The van der Waals surface area contributed by atoms with Gasteiger partial charge in [-0.15, -0.1) is 0 Å². The van der Waals surface area contributed by atoms with Crippen LogP contribution in [0.2, 0.25) is 0 Å². The van der Waals surface area contributed by atoms with E-state index in [9.17, 15) is 19.6 Å². The molecule has 2 aromatic carbocycles. The largest absolute Gasteiger partial charge is 0.468 e. The fourth-order valence-corrected chi connectivity index (χ4v) is 4.92. The number of para-hydroxylation sites is 1. The summed E-state index contributed by atoms with van der Waals surface area (Å²) in [6.07, 6.45) is 0.770. The Bertz CT molecular complexity index is 1160. The molecule has 33 heavy (non-hydrogen) atoms. The number of rotatable bonds is 7. The molecule has 0 aliphatic carbocycles. The number of hydrogen-bond acceptors (Lipinski definition) is 6. The van der Waals surface area contributed by atoms with Crippen LogP contribution in [0, 0.1) is 17.2 Å². The number of methoxy groups -OCH3 is 1. The molecule has 0 bridgehead atoms. The minimum Gasteiger partial charge on any atom is -0.468 e. The number of nitrogens with one attached hydrogen (secondary N) is 2. The van der Waals surface area contributed by atoms with E-state index in [0.717, 1.165) is 33.9 Å². The number of anilines is 1. The molecule has 0 spiro atoms. The lowest BCUT2D eigenvalue weighted by atomic mass is 9.78. The van der Waals surface area contributed by atoms with Crippen molar-refractivity contribution >= 4 is 51.2 Å². The van der Waals surface area contributed by atoms with Crippen LogP contribution >= 0.6 is 27.7 Å². The molecule has 7 nitrogen and oxygen atoms in total. The summed E-state index contributed by atoms with van der Waals surface area (Å²) in [5.41, 5.74) is 2.56. The van der Waals surface area contributed by atoms with Crippen molar-refractivity contribution < 1.29 is 19.1 Å². The summed E-state index contributed by atoms with van der Waals surface area (Å²) in [4.78, 5) is 37.9. The molecule has 0 unspecified atom stereocenters. The number of carbonyl (C=O) groups excluding carboxylic acids is 3. The van der Waals surface area contributed by atoms with Crippen molar-refractivity contribution in [2.45, 2.75) is 19.3 Å². The van der Waals surface area contributed by atoms with E-state index in [4.69, 9.17) is 4.74 Å². The lowest BCUT2D eigenvalue weighted by Gasteiger charge is -2.31. The lowest BCUT2D eigenvalue weighted by molar-refractivity contribution is -0.150. The molecule has 0 saturated heterocycles. The molecule has 1 aliphatic heterocycles. The molecule has 0 radical (unpaired) electrons. The number of hydrogen-bond donors (Lipinski definition) is 2. The Labute approximate surface area is 204 Å². The number of halogens is 1. The van der Waals surface area contributed by atoms with Crippen molar-refractivity contribution in [2.24, 2.45) is 5.92 Å². The van der Waals surface area contributed by atoms with Gasteiger partial charge in [0.15, 0.2) is 0 Å². The number of aryl methyl sites for hydroxylation is 1. The van der Waals surface area contributed by atoms with Crippen LogP contribution in [-0.4, -0.2) is 30.6 Å². The summed E-state index contributed by atoms with van der Waals surface area (Å²) in [5, 5.41) is 15.7. The Balaban J connectivity index is 1.89. The van der Waals surface area contributed by atoms with E-state index in [2.05, 4.69) is 32.6 Å². The third-order valence-electron chi connectivity index (χ3n) is 5.21. The van der Waals surface area contributed by atoms with Crippen molar-refractivity contribution in [3.05, 3.63) is 74.7 Å². The van der Waals surface area contributed by atoms with Crippen molar-refractivity contribution in [1.29, 1.82) is 5.26 Å². The van der Waals surface area contributed by atoms with E-state index in [1.54, 1.807) is 18.2 Å². The second-order valence-corrected chi connectivity index (χ2v) is 9.13. The van der Waals surface area contributed by atoms with Gasteiger partial charge >= 0.3 is 5.97 Å². The number of nitriles is 1. The first kappa shape index (κ1) is 24.6. The molecule has 2 atom stereocenters. The van der Waals surface area contributed by atoms with Crippen LogP contribution in [0.5, 0.6) is 0 Å². The number of ether oxygens (including phenoxy) is 1. The molecule has 170 valence electrons. The average molecular weight is 528 g/mol. The van der Waals surface area contributed by atoms with Gasteiger partial charge in [0.2, 0.25) is 11.8 Å². The van der Waals surface area contributed by atoms with Crippen molar-refractivity contribution in [3.63, 3.8) is 0 Å². The van der Waals surface area contributed by atoms with Crippen molar-refractivity contribution in [2.75, 3.05) is 18.2 Å². The second kappa shape index (κ2) is 11.2. The first-order chi connectivity index (χ1) is 15.9. The fourth-order valence-electron chi connectivity index (χ4n) is 3.65. The van der Waals surface area contributed by atoms with Crippen molar-refractivity contribution in [1.82, 2.24) is 5.32 Å². The Morgan fingerprint density at radius 2 is 2.00 bits per heavy atom. The van der Waals surface area contributed by atoms with Crippen LogP contribution in [-0.2, 0) is 25.5 Å². The highest BCUT2D eigenvalue weighted by molar-refractivity contribution is 9.10. The van der Waals surface area contributed by atoms with Gasteiger partial charge in [-0.2, -0.15) is 5.26 Å². The van der Waals surface area contributed by atoms with Gasteiger partial charge in [-0.25, -0.2) is 0 Å². The Hall–Kier alpha value is -3.09. The molecule has 2 aromatic rings. The highest BCUT2D eigenvalue weighted by atomic mass is 79.9. The summed E-state index contributed by atoms with van der Waals surface area (Å²) >= 11 is 4.44. The minimum atomic E-state index is -1.21. The lowest BCUT2D eigenvalue weighted by Crippen LogP contribution is -2.44. The number of esters is 1. The predicted octanol–water partition coefficient (Wildman–Crippen LogP) is 4.12. The van der Waals surface area contributed by atoms with Crippen LogP contribution in [0.4, 0.5) is 5.69 Å². The third-order valence-corrected chi connectivity index (χ3v) is 6.72. The normalized spacial score (nSPS) is 17.7. The van der Waals surface area contributed by atoms with Gasteiger partial charge in [0, 0.05) is 16.1 Å². The highest BCUT2D eigenvalue weighted by Crippen LogP contribution is 2.40.